The van der Waals surface area contributed by atoms with Crippen LogP contribution >= 0.6 is 0 Å². The lowest BCUT2D eigenvalue weighted by molar-refractivity contribution is 0.0608. The van der Waals surface area contributed by atoms with Gasteiger partial charge in [-0.2, -0.15) is 0 Å². The molecular weight excluding hydrogens is 190 g/mol. The molecule has 1 amide bonds. The number of carbonyl (C=O) groups excluding carboxylic acids is 1. The van der Waals surface area contributed by atoms with Gasteiger partial charge in [-0.25, -0.2) is 0 Å². The van der Waals surface area contributed by atoms with Gasteiger partial charge in [0.05, 0.1) is 5.54 Å². The van der Waals surface area contributed by atoms with Crippen molar-refractivity contribution in [3.8, 4) is 0 Å². The molecule has 15 heavy (non-hydrogen) atoms. The molecule has 3 nitrogen and oxygen atoms in total. The second-order valence-corrected chi connectivity index (χ2v) is 4.16. The minimum Gasteiger partial charge on any atom is -0.396 e. The molecule has 0 saturated heterocycles. The van der Waals surface area contributed by atoms with E-state index >= 15 is 0 Å². The minimum absolute atomic E-state index is 0.0431. The monoisotopic (exact) mass is 205 g/mol. The summed E-state index contributed by atoms with van der Waals surface area (Å²) in [5, 5.41) is 9.08. The van der Waals surface area contributed by atoms with E-state index in [1.54, 1.807) is 11.9 Å². The van der Waals surface area contributed by atoms with E-state index in [9.17, 15) is 4.79 Å². The first kappa shape index (κ1) is 10.2. The van der Waals surface area contributed by atoms with Gasteiger partial charge < -0.3 is 10.0 Å². The van der Waals surface area contributed by atoms with Gasteiger partial charge in [-0.05, 0) is 25.0 Å². The molecule has 80 valence electrons. The van der Waals surface area contributed by atoms with Crippen LogP contribution in [0.2, 0.25) is 0 Å². The van der Waals surface area contributed by atoms with E-state index < -0.39 is 0 Å². The lowest BCUT2D eigenvalue weighted by Gasteiger charge is -2.32. The van der Waals surface area contributed by atoms with E-state index in [0.717, 1.165) is 11.1 Å². The lowest BCUT2D eigenvalue weighted by atomic mass is 9.89. The summed E-state index contributed by atoms with van der Waals surface area (Å²) in [6, 6.07) is 7.61. The van der Waals surface area contributed by atoms with Gasteiger partial charge in [-0.3, -0.25) is 4.79 Å². The van der Waals surface area contributed by atoms with E-state index in [1.165, 1.54) is 0 Å². The topological polar surface area (TPSA) is 40.5 Å². The molecule has 1 aromatic rings. The number of carbonyl (C=O) groups is 1. The summed E-state index contributed by atoms with van der Waals surface area (Å²) in [5.41, 5.74) is 1.42. The number of hydrogen-bond donors (Lipinski definition) is 1. The highest BCUT2D eigenvalue weighted by Gasteiger charge is 2.43. The fraction of sp³-hybridized carbons (Fsp3) is 0.417. The molecule has 0 aliphatic carbocycles. The summed E-state index contributed by atoms with van der Waals surface area (Å²) in [6.45, 7) is 2.08. The van der Waals surface area contributed by atoms with Crippen LogP contribution in [0.1, 0.15) is 29.3 Å². The average Bonchev–Trinajstić information content (AvgIpc) is 2.43. The van der Waals surface area contributed by atoms with Crippen molar-refractivity contribution >= 4 is 5.91 Å². The highest BCUT2D eigenvalue weighted by molar-refractivity contribution is 5.99. The predicted molar refractivity (Wildman–Crippen MR) is 57.6 cm³/mol. The molecule has 0 unspecified atom stereocenters. The molecule has 0 fully saturated rings. The van der Waals surface area contributed by atoms with Crippen LogP contribution in [-0.2, 0) is 5.54 Å². The second-order valence-electron chi connectivity index (χ2n) is 4.16. The number of aliphatic hydroxyl groups is 1. The van der Waals surface area contributed by atoms with Crippen LogP contribution in [0.15, 0.2) is 24.3 Å². The van der Waals surface area contributed by atoms with E-state index in [0.29, 0.717) is 6.42 Å². The zero-order valence-corrected chi connectivity index (χ0v) is 9.03. The number of rotatable bonds is 2. The highest BCUT2D eigenvalue weighted by Crippen LogP contribution is 2.39. The average molecular weight is 205 g/mol. The Morgan fingerprint density at radius 1 is 1.40 bits per heavy atom. The first-order valence-electron chi connectivity index (χ1n) is 5.10. The maximum absolute atomic E-state index is 11.9. The Morgan fingerprint density at radius 2 is 2.07 bits per heavy atom. The van der Waals surface area contributed by atoms with Crippen molar-refractivity contribution in [2.75, 3.05) is 13.7 Å². The zero-order valence-electron chi connectivity index (χ0n) is 9.03. The first-order valence-corrected chi connectivity index (χ1v) is 5.10. The molecule has 1 N–H and O–H groups in total. The smallest absolute Gasteiger partial charge is 0.254 e. The molecule has 0 spiro atoms. The standard InChI is InChI=1S/C12H15NO2/c1-12(7-8-14)10-6-4-3-5-9(10)11(15)13(12)2/h3-6,14H,7-8H2,1-2H3/t12-/m1/s1. The van der Waals surface area contributed by atoms with Crippen molar-refractivity contribution in [2.45, 2.75) is 18.9 Å². The number of amides is 1. The number of aliphatic hydroxyl groups excluding tert-OH is 1. The van der Waals surface area contributed by atoms with E-state index in [1.807, 2.05) is 31.2 Å². The molecule has 1 heterocycles. The molecular formula is C12H15NO2. The molecule has 0 aromatic heterocycles. The Labute approximate surface area is 89.3 Å². The van der Waals surface area contributed by atoms with Crippen molar-refractivity contribution in [1.29, 1.82) is 0 Å². The fourth-order valence-corrected chi connectivity index (χ4v) is 2.24. The Morgan fingerprint density at radius 3 is 2.73 bits per heavy atom. The Bertz CT molecular complexity index is 402. The van der Waals surface area contributed by atoms with Crippen LogP contribution < -0.4 is 0 Å². The molecule has 3 heteroatoms. The third kappa shape index (κ3) is 1.27. The third-order valence-corrected chi connectivity index (χ3v) is 3.38. The van der Waals surface area contributed by atoms with E-state index in [4.69, 9.17) is 5.11 Å². The van der Waals surface area contributed by atoms with Crippen molar-refractivity contribution < 1.29 is 9.90 Å². The molecule has 2 rings (SSSR count). The van der Waals surface area contributed by atoms with Crippen LogP contribution in [0.25, 0.3) is 0 Å². The highest BCUT2D eigenvalue weighted by atomic mass is 16.3. The summed E-state index contributed by atoms with van der Waals surface area (Å²) >= 11 is 0. The molecule has 0 bridgehead atoms. The van der Waals surface area contributed by atoms with Gasteiger partial charge >= 0.3 is 0 Å². The van der Waals surface area contributed by atoms with Gasteiger partial charge in [0, 0.05) is 19.2 Å². The third-order valence-electron chi connectivity index (χ3n) is 3.38. The lowest BCUT2D eigenvalue weighted by Crippen LogP contribution is -2.39. The largest absolute Gasteiger partial charge is 0.396 e. The summed E-state index contributed by atoms with van der Waals surface area (Å²) in [4.78, 5) is 13.6. The molecule has 1 aliphatic rings. The normalized spacial score (nSPS) is 24.5. The van der Waals surface area contributed by atoms with Gasteiger partial charge in [0.2, 0.25) is 0 Å². The van der Waals surface area contributed by atoms with Crippen LogP contribution in [0.4, 0.5) is 0 Å². The van der Waals surface area contributed by atoms with Crippen molar-refractivity contribution in [3.63, 3.8) is 0 Å². The maximum atomic E-state index is 11.9. The van der Waals surface area contributed by atoms with Gasteiger partial charge in [0.25, 0.3) is 5.91 Å². The van der Waals surface area contributed by atoms with Gasteiger partial charge in [-0.15, -0.1) is 0 Å². The van der Waals surface area contributed by atoms with Gasteiger partial charge in [0.1, 0.15) is 0 Å². The van der Waals surface area contributed by atoms with Crippen LogP contribution in [0.3, 0.4) is 0 Å². The van der Waals surface area contributed by atoms with Crippen LogP contribution in [0, 0.1) is 0 Å². The molecule has 1 aliphatic heterocycles. The first-order chi connectivity index (χ1) is 7.11. The van der Waals surface area contributed by atoms with Crippen molar-refractivity contribution in [1.82, 2.24) is 4.90 Å². The quantitative estimate of drug-likeness (QED) is 0.792. The second kappa shape index (κ2) is 3.35. The Kier molecular flexibility index (Phi) is 2.27. The van der Waals surface area contributed by atoms with Crippen LogP contribution in [-0.4, -0.2) is 29.6 Å². The maximum Gasteiger partial charge on any atom is 0.254 e. The summed E-state index contributed by atoms with van der Waals surface area (Å²) < 4.78 is 0. The number of fused-ring (bicyclic) bond motifs is 1. The molecule has 1 atom stereocenters. The number of benzene rings is 1. The van der Waals surface area contributed by atoms with Crippen LogP contribution in [0.5, 0.6) is 0 Å². The SMILES string of the molecule is CN1C(=O)c2ccccc2[C@@]1(C)CCO. The molecule has 1 aromatic carbocycles. The fourth-order valence-electron chi connectivity index (χ4n) is 2.24. The van der Waals surface area contributed by atoms with Crippen molar-refractivity contribution in [2.24, 2.45) is 0 Å². The Balaban J connectivity index is 2.55. The molecule has 0 radical (unpaired) electrons. The molecule has 0 saturated carbocycles. The minimum atomic E-state index is -0.359. The van der Waals surface area contributed by atoms with Gasteiger partial charge in [0.15, 0.2) is 0 Å². The van der Waals surface area contributed by atoms with Crippen molar-refractivity contribution in [3.05, 3.63) is 35.4 Å². The zero-order chi connectivity index (χ0) is 11.1. The van der Waals surface area contributed by atoms with E-state index in [2.05, 4.69) is 0 Å². The summed E-state index contributed by atoms with van der Waals surface area (Å²) in [6.07, 6.45) is 0.576. The number of nitrogens with zero attached hydrogens (tertiary/aromatic N) is 1. The number of hydrogen-bond acceptors (Lipinski definition) is 2. The summed E-state index contributed by atoms with van der Waals surface area (Å²) in [5.74, 6) is 0.0431. The van der Waals surface area contributed by atoms with Gasteiger partial charge in [-0.1, -0.05) is 18.2 Å². The van der Waals surface area contributed by atoms with E-state index in [-0.39, 0.29) is 18.1 Å². The Hall–Kier alpha value is -1.35. The predicted octanol–water partition coefficient (Wildman–Crippen LogP) is 1.37. The summed E-state index contributed by atoms with van der Waals surface area (Å²) in [7, 11) is 1.79.